The van der Waals surface area contributed by atoms with Crippen molar-refractivity contribution in [1.82, 2.24) is 9.78 Å². The van der Waals surface area contributed by atoms with Gasteiger partial charge in [-0.05, 0) is 30.5 Å². The molecule has 0 aliphatic heterocycles. The normalized spacial score (nSPS) is 12.1. The number of amides is 1. The van der Waals surface area contributed by atoms with Crippen molar-refractivity contribution < 1.29 is 18.7 Å². The molecule has 0 saturated heterocycles. The van der Waals surface area contributed by atoms with Crippen molar-refractivity contribution in [3.8, 4) is 0 Å². The largest absolute Gasteiger partial charge is 0.447 e. The van der Waals surface area contributed by atoms with Gasteiger partial charge in [-0.3, -0.25) is 9.48 Å². The van der Waals surface area contributed by atoms with E-state index >= 15 is 0 Å². The number of rotatable bonds is 6. The van der Waals surface area contributed by atoms with E-state index in [0.29, 0.717) is 6.42 Å². The zero-order valence-electron chi connectivity index (χ0n) is 14.7. The van der Waals surface area contributed by atoms with E-state index in [1.54, 1.807) is 33.0 Å². The molecule has 7 heteroatoms. The van der Waals surface area contributed by atoms with Crippen molar-refractivity contribution in [3.63, 3.8) is 0 Å². The maximum atomic E-state index is 13.7. The SMILES string of the molecule is CCc1cc(C(=O)OC(C(=O)Nc2ccccc2F)C(C)C)n(C)n1. The number of nitrogens with one attached hydrogen (secondary N) is 1. The molecule has 2 rings (SSSR count). The molecule has 1 atom stereocenters. The first kappa shape index (κ1) is 18.6. The number of nitrogens with zero attached hydrogens (tertiary/aromatic N) is 2. The fraction of sp³-hybridized carbons (Fsp3) is 0.389. The summed E-state index contributed by atoms with van der Waals surface area (Å²) in [4.78, 5) is 24.8. The van der Waals surface area contributed by atoms with Crippen molar-refractivity contribution in [1.29, 1.82) is 0 Å². The van der Waals surface area contributed by atoms with Crippen LogP contribution in [0.1, 0.15) is 37.0 Å². The number of hydrogen-bond donors (Lipinski definition) is 1. The molecular weight excluding hydrogens is 325 g/mol. The highest BCUT2D eigenvalue weighted by Gasteiger charge is 2.29. The van der Waals surface area contributed by atoms with Crippen LogP contribution < -0.4 is 5.32 Å². The van der Waals surface area contributed by atoms with Crippen molar-refractivity contribution in [2.75, 3.05) is 5.32 Å². The monoisotopic (exact) mass is 347 g/mol. The minimum Gasteiger partial charge on any atom is -0.447 e. The number of aryl methyl sites for hydroxylation is 2. The lowest BCUT2D eigenvalue weighted by Gasteiger charge is -2.20. The van der Waals surface area contributed by atoms with Gasteiger partial charge in [0.1, 0.15) is 11.5 Å². The Labute approximate surface area is 146 Å². The molecule has 0 spiro atoms. The van der Waals surface area contributed by atoms with Gasteiger partial charge < -0.3 is 10.1 Å². The smallest absolute Gasteiger partial charge is 0.357 e. The third-order valence-electron chi connectivity index (χ3n) is 3.73. The summed E-state index contributed by atoms with van der Waals surface area (Å²) in [6.45, 7) is 5.43. The second-order valence-corrected chi connectivity index (χ2v) is 6.04. The summed E-state index contributed by atoms with van der Waals surface area (Å²) >= 11 is 0. The molecule has 25 heavy (non-hydrogen) atoms. The number of hydrogen-bond acceptors (Lipinski definition) is 4. The fourth-order valence-electron chi connectivity index (χ4n) is 2.32. The van der Waals surface area contributed by atoms with Crippen molar-refractivity contribution in [3.05, 3.63) is 47.5 Å². The molecule has 0 bridgehead atoms. The lowest BCUT2D eigenvalue weighted by Crippen LogP contribution is -2.37. The maximum Gasteiger partial charge on any atom is 0.357 e. The van der Waals surface area contributed by atoms with Crippen LogP contribution in [0, 0.1) is 11.7 Å². The molecule has 1 unspecified atom stereocenters. The summed E-state index contributed by atoms with van der Waals surface area (Å²) < 4.78 is 20.5. The van der Waals surface area contributed by atoms with E-state index in [0.717, 1.165) is 5.69 Å². The molecule has 1 heterocycles. The molecule has 134 valence electrons. The van der Waals surface area contributed by atoms with Crippen LogP contribution in [0.25, 0.3) is 0 Å². The summed E-state index contributed by atoms with van der Waals surface area (Å²) in [5.74, 6) is -2.05. The van der Waals surface area contributed by atoms with Gasteiger partial charge in [0.25, 0.3) is 5.91 Å². The number of anilines is 1. The maximum absolute atomic E-state index is 13.7. The number of halogens is 1. The van der Waals surface area contributed by atoms with Crippen LogP contribution in [0.3, 0.4) is 0 Å². The van der Waals surface area contributed by atoms with Crippen molar-refractivity contribution >= 4 is 17.6 Å². The standard InChI is InChI=1S/C18H22FN3O3/c1-5-12-10-15(22(4)21-12)18(24)25-16(11(2)3)17(23)20-14-9-7-6-8-13(14)19/h6-11,16H,5H2,1-4H3,(H,20,23). The predicted octanol–water partition coefficient (Wildman–Crippen LogP) is 2.94. The molecule has 1 N–H and O–H groups in total. The number of esters is 1. The number of carbonyl (C=O) groups is 2. The first-order chi connectivity index (χ1) is 11.8. The lowest BCUT2D eigenvalue weighted by molar-refractivity contribution is -0.126. The first-order valence-electron chi connectivity index (χ1n) is 8.12. The highest BCUT2D eigenvalue weighted by Crippen LogP contribution is 2.17. The molecule has 0 radical (unpaired) electrons. The van der Waals surface area contributed by atoms with Crippen LogP contribution in [0.2, 0.25) is 0 Å². The van der Waals surface area contributed by atoms with E-state index in [-0.39, 0.29) is 17.3 Å². The van der Waals surface area contributed by atoms with E-state index < -0.39 is 23.8 Å². The molecule has 0 aliphatic rings. The van der Waals surface area contributed by atoms with E-state index in [9.17, 15) is 14.0 Å². The number of aromatic nitrogens is 2. The van der Waals surface area contributed by atoms with Gasteiger partial charge in [-0.15, -0.1) is 0 Å². The molecule has 6 nitrogen and oxygen atoms in total. The van der Waals surface area contributed by atoms with E-state index in [1.807, 2.05) is 6.92 Å². The number of carbonyl (C=O) groups excluding carboxylic acids is 2. The highest BCUT2D eigenvalue weighted by molar-refractivity contribution is 5.97. The molecule has 0 aliphatic carbocycles. The average molecular weight is 347 g/mol. The molecule has 1 amide bonds. The minimum atomic E-state index is -1.05. The second kappa shape index (κ2) is 7.92. The Hall–Kier alpha value is -2.70. The van der Waals surface area contributed by atoms with Gasteiger partial charge in [0, 0.05) is 7.05 Å². The Morgan fingerprint density at radius 1 is 1.32 bits per heavy atom. The van der Waals surface area contributed by atoms with Gasteiger partial charge in [-0.25, -0.2) is 9.18 Å². The molecule has 1 aromatic heterocycles. The Balaban J connectivity index is 2.14. The lowest BCUT2D eigenvalue weighted by atomic mass is 10.1. The summed E-state index contributed by atoms with van der Waals surface area (Å²) in [7, 11) is 1.64. The van der Waals surface area contributed by atoms with E-state index in [2.05, 4.69) is 10.4 Å². The average Bonchev–Trinajstić information content (AvgIpc) is 2.95. The van der Waals surface area contributed by atoms with Crippen LogP contribution in [0.4, 0.5) is 10.1 Å². The fourth-order valence-corrected chi connectivity index (χ4v) is 2.32. The third kappa shape index (κ3) is 4.43. The summed E-state index contributed by atoms with van der Waals surface area (Å²) in [6, 6.07) is 7.46. The van der Waals surface area contributed by atoms with Gasteiger partial charge >= 0.3 is 5.97 Å². The Bertz CT molecular complexity index is 771. The molecule has 2 aromatic rings. The zero-order valence-corrected chi connectivity index (χ0v) is 14.7. The van der Waals surface area contributed by atoms with Gasteiger partial charge in [-0.1, -0.05) is 32.9 Å². The topological polar surface area (TPSA) is 73.2 Å². The Morgan fingerprint density at radius 2 is 2.00 bits per heavy atom. The number of para-hydroxylation sites is 1. The number of ether oxygens (including phenoxy) is 1. The Morgan fingerprint density at radius 3 is 2.56 bits per heavy atom. The zero-order chi connectivity index (χ0) is 18.6. The minimum absolute atomic E-state index is 0.0444. The molecule has 1 aromatic carbocycles. The summed E-state index contributed by atoms with van der Waals surface area (Å²) in [5.41, 5.74) is 1.07. The first-order valence-corrected chi connectivity index (χ1v) is 8.12. The van der Waals surface area contributed by atoms with Crippen LogP contribution in [-0.2, 0) is 23.0 Å². The quantitative estimate of drug-likeness (QED) is 0.816. The van der Waals surface area contributed by atoms with Crippen LogP contribution in [-0.4, -0.2) is 27.8 Å². The predicted molar refractivity (Wildman–Crippen MR) is 91.7 cm³/mol. The van der Waals surface area contributed by atoms with E-state index in [1.165, 1.54) is 22.9 Å². The van der Waals surface area contributed by atoms with Crippen molar-refractivity contribution in [2.45, 2.75) is 33.3 Å². The van der Waals surface area contributed by atoms with Gasteiger partial charge in [0.15, 0.2) is 6.10 Å². The number of benzene rings is 1. The second-order valence-electron chi connectivity index (χ2n) is 6.04. The van der Waals surface area contributed by atoms with Gasteiger partial charge in [0.2, 0.25) is 0 Å². The van der Waals surface area contributed by atoms with Crippen molar-refractivity contribution in [2.24, 2.45) is 13.0 Å². The van der Waals surface area contributed by atoms with Gasteiger partial charge in [0.05, 0.1) is 11.4 Å². The summed E-state index contributed by atoms with van der Waals surface area (Å²) in [5, 5.41) is 6.66. The molecular formula is C18H22FN3O3. The summed E-state index contributed by atoms with van der Waals surface area (Å²) in [6.07, 6.45) is -0.366. The van der Waals surface area contributed by atoms with Crippen LogP contribution >= 0.6 is 0 Å². The van der Waals surface area contributed by atoms with Crippen LogP contribution in [0.5, 0.6) is 0 Å². The van der Waals surface area contributed by atoms with Gasteiger partial charge in [-0.2, -0.15) is 5.10 Å². The van der Waals surface area contributed by atoms with Crippen LogP contribution in [0.15, 0.2) is 30.3 Å². The molecule has 0 saturated carbocycles. The molecule has 0 fully saturated rings. The van der Waals surface area contributed by atoms with E-state index in [4.69, 9.17) is 4.74 Å². The highest BCUT2D eigenvalue weighted by atomic mass is 19.1. The Kier molecular flexibility index (Phi) is 5.90. The third-order valence-corrected chi connectivity index (χ3v) is 3.73.